The lowest BCUT2D eigenvalue weighted by atomic mass is 10.1. The molecule has 0 radical (unpaired) electrons. The smallest absolute Gasteiger partial charge is 0.153 e. The molecule has 0 aliphatic carbocycles. The van der Waals surface area contributed by atoms with Crippen LogP contribution < -0.4 is 4.74 Å². The van der Waals surface area contributed by atoms with Gasteiger partial charge in [0.2, 0.25) is 0 Å². The predicted molar refractivity (Wildman–Crippen MR) is 66.8 cm³/mol. The summed E-state index contributed by atoms with van der Waals surface area (Å²) >= 11 is 0. The minimum atomic E-state index is -0.0167. The molecule has 0 aliphatic heterocycles. The number of carbonyl (C=O) groups excluding carboxylic acids is 1. The van der Waals surface area contributed by atoms with Crippen LogP contribution in [0.4, 0.5) is 0 Å². The minimum Gasteiger partial charge on any atom is -0.507 e. The van der Waals surface area contributed by atoms with Crippen LogP contribution in [-0.2, 0) is 0 Å². The zero-order valence-electron chi connectivity index (χ0n) is 9.81. The summed E-state index contributed by atoms with van der Waals surface area (Å²) in [6.07, 6.45) is 0.748. The van der Waals surface area contributed by atoms with Crippen molar-refractivity contribution in [2.45, 2.75) is 20.0 Å². The summed E-state index contributed by atoms with van der Waals surface area (Å²) in [5.41, 5.74) is 0.497. The highest BCUT2D eigenvalue weighted by Crippen LogP contribution is 2.31. The normalized spacial score (nSPS) is 10.8. The first-order valence-electron chi connectivity index (χ1n) is 5.49. The fourth-order valence-electron chi connectivity index (χ4n) is 1.75. The van der Waals surface area contributed by atoms with Gasteiger partial charge >= 0.3 is 0 Å². The minimum absolute atomic E-state index is 0.0167. The molecule has 3 nitrogen and oxygen atoms in total. The molecular weight excluding hydrogens is 216 g/mol. The van der Waals surface area contributed by atoms with Crippen molar-refractivity contribution in [2.75, 3.05) is 0 Å². The molecule has 0 heterocycles. The second-order valence-corrected chi connectivity index (χ2v) is 4.17. The number of rotatable bonds is 3. The lowest BCUT2D eigenvalue weighted by Crippen LogP contribution is -2.07. The average Bonchev–Trinajstić information content (AvgIpc) is 2.29. The van der Waals surface area contributed by atoms with Gasteiger partial charge in [0.05, 0.1) is 11.7 Å². The number of benzene rings is 2. The molecule has 0 unspecified atom stereocenters. The van der Waals surface area contributed by atoms with E-state index in [1.807, 2.05) is 19.9 Å². The maximum Gasteiger partial charge on any atom is 0.153 e. The van der Waals surface area contributed by atoms with Crippen LogP contribution in [0.25, 0.3) is 10.8 Å². The third-order valence-corrected chi connectivity index (χ3v) is 2.48. The van der Waals surface area contributed by atoms with Crippen LogP contribution in [0.2, 0.25) is 0 Å². The maximum absolute atomic E-state index is 11.0. The molecule has 0 atom stereocenters. The molecule has 0 bridgehead atoms. The summed E-state index contributed by atoms with van der Waals surface area (Å²) in [5.74, 6) is 0.692. The first kappa shape index (κ1) is 11.5. The fourth-order valence-corrected chi connectivity index (χ4v) is 1.75. The summed E-state index contributed by atoms with van der Waals surface area (Å²) in [6.45, 7) is 3.78. The molecule has 0 amide bonds. The zero-order chi connectivity index (χ0) is 12.4. The van der Waals surface area contributed by atoms with Crippen molar-refractivity contribution in [2.24, 2.45) is 0 Å². The highest BCUT2D eigenvalue weighted by molar-refractivity contribution is 5.95. The molecule has 17 heavy (non-hydrogen) atoms. The Balaban J connectivity index is 2.65. The van der Waals surface area contributed by atoms with Gasteiger partial charge in [-0.2, -0.15) is 0 Å². The zero-order valence-corrected chi connectivity index (χ0v) is 9.81. The van der Waals surface area contributed by atoms with E-state index < -0.39 is 0 Å². The highest BCUT2D eigenvalue weighted by Gasteiger charge is 2.09. The molecule has 0 saturated carbocycles. The van der Waals surface area contributed by atoms with Gasteiger partial charge in [-0.25, -0.2) is 0 Å². The second kappa shape index (κ2) is 4.45. The monoisotopic (exact) mass is 230 g/mol. The number of ether oxygens (including phenoxy) is 1. The number of carbonyl (C=O) groups is 1. The van der Waals surface area contributed by atoms with Crippen molar-refractivity contribution >= 4 is 17.1 Å². The Morgan fingerprint density at radius 1 is 1.29 bits per heavy atom. The van der Waals surface area contributed by atoms with E-state index in [0.29, 0.717) is 16.7 Å². The first-order valence-corrected chi connectivity index (χ1v) is 5.49. The fraction of sp³-hybridized carbons (Fsp3) is 0.214. The average molecular weight is 230 g/mol. The van der Waals surface area contributed by atoms with Gasteiger partial charge in [-0.1, -0.05) is 12.1 Å². The molecule has 0 spiro atoms. The quantitative estimate of drug-likeness (QED) is 0.824. The van der Waals surface area contributed by atoms with Gasteiger partial charge in [0.25, 0.3) is 0 Å². The molecule has 0 aromatic heterocycles. The molecule has 2 aromatic carbocycles. The third kappa shape index (κ3) is 2.23. The molecular formula is C14H14O3. The SMILES string of the molecule is CC(C)Oc1cc2c(O)cccc2cc1C=O. The van der Waals surface area contributed by atoms with Crippen molar-refractivity contribution in [1.29, 1.82) is 0 Å². The summed E-state index contributed by atoms with van der Waals surface area (Å²) in [7, 11) is 0. The summed E-state index contributed by atoms with van der Waals surface area (Å²) in [4.78, 5) is 11.0. The number of hydrogen-bond acceptors (Lipinski definition) is 3. The van der Waals surface area contributed by atoms with Crippen LogP contribution in [-0.4, -0.2) is 17.5 Å². The van der Waals surface area contributed by atoms with Crippen molar-refractivity contribution < 1.29 is 14.6 Å². The molecule has 0 fully saturated rings. The van der Waals surface area contributed by atoms with Crippen molar-refractivity contribution in [1.82, 2.24) is 0 Å². The van der Waals surface area contributed by atoms with E-state index in [1.54, 1.807) is 24.3 Å². The van der Waals surface area contributed by atoms with Crippen LogP contribution >= 0.6 is 0 Å². The van der Waals surface area contributed by atoms with E-state index in [-0.39, 0.29) is 11.9 Å². The number of aldehydes is 1. The molecule has 3 heteroatoms. The van der Waals surface area contributed by atoms with E-state index in [4.69, 9.17) is 4.74 Å². The molecule has 88 valence electrons. The number of phenols is 1. The van der Waals surface area contributed by atoms with Gasteiger partial charge in [0.15, 0.2) is 6.29 Å². The van der Waals surface area contributed by atoms with Gasteiger partial charge in [-0.05, 0) is 37.4 Å². The summed E-state index contributed by atoms with van der Waals surface area (Å²) < 4.78 is 5.56. The summed E-state index contributed by atoms with van der Waals surface area (Å²) in [6, 6.07) is 8.63. The van der Waals surface area contributed by atoms with Crippen LogP contribution in [0.3, 0.4) is 0 Å². The number of fused-ring (bicyclic) bond motifs is 1. The van der Waals surface area contributed by atoms with Gasteiger partial charge in [-0.3, -0.25) is 4.79 Å². The van der Waals surface area contributed by atoms with Gasteiger partial charge in [0, 0.05) is 5.39 Å². The van der Waals surface area contributed by atoms with Crippen LogP contribution in [0.15, 0.2) is 30.3 Å². The van der Waals surface area contributed by atoms with E-state index in [0.717, 1.165) is 11.7 Å². The Hall–Kier alpha value is -2.03. The molecule has 2 aromatic rings. The Bertz CT molecular complexity index is 559. The summed E-state index contributed by atoms with van der Waals surface area (Å²) in [5, 5.41) is 11.3. The van der Waals surface area contributed by atoms with Crippen LogP contribution in [0.1, 0.15) is 24.2 Å². The van der Waals surface area contributed by atoms with E-state index in [1.165, 1.54) is 0 Å². The Kier molecular flexibility index (Phi) is 3.00. The standard InChI is InChI=1S/C14H14O3/c1-9(2)17-14-7-12-10(6-11(14)8-15)4-3-5-13(12)16/h3-9,16H,1-2H3. The lowest BCUT2D eigenvalue weighted by Gasteiger charge is -2.13. The largest absolute Gasteiger partial charge is 0.507 e. The van der Waals surface area contributed by atoms with Crippen LogP contribution in [0, 0.1) is 0 Å². The predicted octanol–water partition coefficient (Wildman–Crippen LogP) is 3.15. The van der Waals surface area contributed by atoms with E-state index >= 15 is 0 Å². The topological polar surface area (TPSA) is 46.5 Å². The van der Waals surface area contributed by atoms with Gasteiger partial charge in [-0.15, -0.1) is 0 Å². The van der Waals surface area contributed by atoms with Crippen molar-refractivity contribution in [3.05, 3.63) is 35.9 Å². The lowest BCUT2D eigenvalue weighted by molar-refractivity contribution is 0.111. The molecule has 1 N–H and O–H groups in total. The Morgan fingerprint density at radius 2 is 2.06 bits per heavy atom. The molecule has 0 saturated heterocycles. The van der Waals surface area contributed by atoms with Crippen molar-refractivity contribution in [3.63, 3.8) is 0 Å². The van der Waals surface area contributed by atoms with Crippen LogP contribution in [0.5, 0.6) is 11.5 Å². The van der Waals surface area contributed by atoms with Gasteiger partial charge in [0.1, 0.15) is 11.5 Å². The second-order valence-electron chi connectivity index (χ2n) is 4.17. The number of phenolic OH excluding ortho intramolecular Hbond substituents is 1. The Morgan fingerprint density at radius 3 is 2.71 bits per heavy atom. The number of aromatic hydroxyl groups is 1. The Labute approximate surface area is 99.6 Å². The number of hydrogen-bond donors (Lipinski definition) is 1. The highest BCUT2D eigenvalue weighted by atomic mass is 16.5. The van der Waals surface area contributed by atoms with E-state index in [2.05, 4.69) is 0 Å². The maximum atomic E-state index is 11.0. The molecule has 0 aliphatic rings. The first-order chi connectivity index (χ1) is 8.11. The van der Waals surface area contributed by atoms with Gasteiger partial charge < -0.3 is 9.84 Å². The van der Waals surface area contributed by atoms with E-state index in [9.17, 15) is 9.90 Å². The third-order valence-electron chi connectivity index (χ3n) is 2.48. The molecule has 2 rings (SSSR count). The van der Waals surface area contributed by atoms with Crippen molar-refractivity contribution in [3.8, 4) is 11.5 Å².